The first kappa shape index (κ1) is 18.3. The molecule has 0 fully saturated rings. The number of aromatic nitrogens is 3. The van der Waals surface area contributed by atoms with Crippen molar-refractivity contribution in [3.63, 3.8) is 0 Å². The van der Waals surface area contributed by atoms with Gasteiger partial charge in [0.1, 0.15) is 5.56 Å². The number of aryl methyl sites for hydroxylation is 2. The molecule has 0 saturated carbocycles. The van der Waals surface area contributed by atoms with Gasteiger partial charge >= 0.3 is 5.97 Å². The number of nitrogens with zero attached hydrogens (tertiary/aromatic N) is 3. The van der Waals surface area contributed by atoms with Crippen molar-refractivity contribution in [2.75, 3.05) is 11.9 Å². The van der Waals surface area contributed by atoms with E-state index in [0.29, 0.717) is 22.8 Å². The molecule has 0 aliphatic heterocycles. The Kier molecular flexibility index (Phi) is 5.30. The van der Waals surface area contributed by atoms with Crippen LogP contribution in [0.5, 0.6) is 0 Å². The van der Waals surface area contributed by atoms with Crippen LogP contribution in [-0.2, 0) is 9.53 Å². The van der Waals surface area contributed by atoms with Gasteiger partial charge in [0, 0.05) is 11.9 Å². The second-order valence-electron chi connectivity index (χ2n) is 6.24. The molecular weight excluding hydrogens is 344 g/mol. The molecular formula is C20H20N4O3. The van der Waals surface area contributed by atoms with E-state index in [0.717, 1.165) is 11.1 Å². The number of ether oxygens (including phenoxy) is 1. The summed E-state index contributed by atoms with van der Waals surface area (Å²) in [5.41, 5.74) is 3.64. The average molecular weight is 364 g/mol. The lowest BCUT2D eigenvalue weighted by molar-refractivity contribution is -0.119. The minimum Gasteiger partial charge on any atom is -0.452 e. The van der Waals surface area contributed by atoms with Crippen molar-refractivity contribution in [2.24, 2.45) is 0 Å². The van der Waals surface area contributed by atoms with Crippen LogP contribution < -0.4 is 5.32 Å². The molecule has 7 heteroatoms. The monoisotopic (exact) mass is 364 g/mol. The van der Waals surface area contributed by atoms with Crippen LogP contribution in [0.4, 0.5) is 5.69 Å². The van der Waals surface area contributed by atoms with Crippen LogP contribution in [0.15, 0.2) is 48.8 Å². The van der Waals surface area contributed by atoms with Gasteiger partial charge in [0.15, 0.2) is 12.4 Å². The Bertz CT molecular complexity index is 960. The smallest absolute Gasteiger partial charge is 0.342 e. The summed E-state index contributed by atoms with van der Waals surface area (Å²) in [6.07, 6.45) is 3.06. The molecule has 0 aliphatic rings. The molecule has 0 radical (unpaired) electrons. The Morgan fingerprint density at radius 1 is 1.11 bits per heavy atom. The molecule has 1 amide bonds. The van der Waals surface area contributed by atoms with E-state index in [4.69, 9.17) is 4.74 Å². The summed E-state index contributed by atoms with van der Waals surface area (Å²) in [4.78, 5) is 28.6. The third-order valence-electron chi connectivity index (χ3n) is 3.94. The lowest BCUT2D eigenvalue weighted by Gasteiger charge is -2.08. The minimum absolute atomic E-state index is 0.292. The maximum Gasteiger partial charge on any atom is 0.342 e. The number of nitrogens with one attached hydrogen (secondary N) is 1. The number of anilines is 1. The van der Waals surface area contributed by atoms with Gasteiger partial charge in [-0.05, 0) is 56.2 Å². The molecule has 138 valence electrons. The predicted molar refractivity (Wildman–Crippen MR) is 101 cm³/mol. The van der Waals surface area contributed by atoms with Crippen LogP contribution in [0.25, 0.3) is 5.82 Å². The van der Waals surface area contributed by atoms with Gasteiger partial charge in [-0.2, -0.15) is 5.10 Å². The molecule has 0 saturated heterocycles. The molecule has 0 bridgehead atoms. The number of hydrogen-bond donors (Lipinski definition) is 1. The summed E-state index contributed by atoms with van der Waals surface area (Å²) in [7, 11) is 0. The third-order valence-corrected chi connectivity index (χ3v) is 3.94. The van der Waals surface area contributed by atoms with E-state index in [-0.39, 0.29) is 6.61 Å². The highest BCUT2D eigenvalue weighted by atomic mass is 16.5. The molecule has 1 aromatic carbocycles. The van der Waals surface area contributed by atoms with E-state index in [9.17, 15) is 9.59 Å². The molecule has 3 rings (SSSR count). The lowest BCUT2D eigenvalue weighted by Crippen LogP contribution is -2.21. The van der Waals surface area contributed by atoms with Gasteiger partial charge in [0.25, 0.3) is 5.91 Å². The topological polar surface area (TPSA) is 86.1 Å². The maximum atomic E-state index is 12.3. The number of carbonyl (C=O) groups excluding carboxylic acids is 2. The van der Waals surface area contributed by atoms with Gasteiger partial charge in [0.05, 0.1) is 11.9 Å². The number of hydrogen-bond acceptors (Lipinski definition) is 5. The largest absolute Gasteiger partial charge is 0.452 e. The van der Waals surface area contributed by atoms with E-state index in [1.165, 1.54) is 6.20 Å². The Morgan fingerprint density at radius 2 is 1.85 bits per heavy atom. The zero-order valence-electron chi connectivity index (χ0n) is 15.4. The Labute approximate surface area is 157 Å². The minimum atomic E-state index is -0.606. The molecule has 2 aromatic heterocycles. The standard InChI is InChI=1S/C20H20N4O3/c1-13-8-14(2)10-16(9-13)23-19(25)12-27-20(26)17-11-22-24(15(17)3)18-6-4-5-7-21-18/h4-11H,12H2,1-3H3,(H,23,25). The van der Waals surface area contributed by atoms with Crippen molar-refractivity contribution in [3.8, 4) is 5.82 Å². The summed E-state index contributed by atoms with van der Waals surface area (Å²) in [6.45, 7) is 5.27. The second kappa shape index (κ2) is 7.82. The van der Waals surface area contributed by atoms with Crippen molar-refractivity contribution in [1.29, 1.82) is 0 Å². The fourth-order valence-corrected chi connectivity index (χ4v) is 2.77. The van der Waals surface area contributed by atoms with Crippen LogP contribution in [0.1, 0.15) is 27.2 Å². The molecule has 27 heavy (non-hydrogen) atoms. The summed E-state index contributed by atoms with van der Waals surface area (Å²) in [5, 5.41) is 6.90. The average Bonchev–Trinajstić information content (AvgIpc) is 3.01. The quantitative estimate of drug-likeness (QED) is 0.704. The van der Waals surface area contributed by atoms with Crippen LogP contribution in [-0.4, -0.2) is 33.2 Å². The second-order valence-corrected chi connectivity index (χ2v) is 6.24. The van der Waals surface area contributed by atoms with Gasteiger partial charge in [-0.25, -0.2) is 14.5 Å². The molecule has 0 unspecified atom stereocenters. The zero-order valence-corrected chi connectivity index (χ0v) is 15.4. The Hall–Kier alpha value is -3.48. The number of pyridine rings is 1. The van der Waals surface area contributed by atoms with Gasteiger partial charge in [-0.1, -0.05) is 12.1 Å². The van der Waals surface area contributed by atoms with E-state index >= 15 is 0 Å². The number of esters is 1. The Morgan fingerprint density at radius 3 is 2.52 bits per heavy atom. The fourth-order valence-electron chi connectivity index (χ4n) is 2.77. The highest BCUT2D eigenvalue weighted by molar-refractivity contribution is 5.96. The highest BCUT2D eigenvalue weighted by Crippen LogP contribution is 2.15. The molecule has 1 N–H and O–H groups in total. The number of rotatable bonds is 5. The van der Waals surface area contributed by atoms with Crippen LogP contribution in [0.2, 0.25) is 0 Å². The zero-order chi connectivity index (χ0) is 19.4. The van der Waals surface area contributed by atoms with Crippen LogP contribution in [0.3, 0.4) is 0 Å². The maximum absolute atomic E-state index is 12.3. The molecule has 0 spiro atoms. The van der Waals surface area contributed by atoms with Gasteiger partial charge in [-0.15, -0.1) is 0 Å². The molecule has 3 aromatic rings. The van der Waals surface area contributed by atoms with E-state index < -0.39 is 11.9 Å². The van der Waals surface area contributed by atoms with E-state index in [1.54, 1.807) is 29.9 Å². The molecule has 7 nitrogen and oxygen atoms in total. The summed E-state index contributed by atoms with van der Waals surface area (Å²) in [5.74, 6) is -0.407. The van der Waals surface area contributed by atoms with E-state index in [1.807, 2.05) is 38.1 Å². The Balaban J connectivity index is 1.62. The van der Waals surface area contributed by atoms with Crippen LogP contribution >= 0.6 is 0 Å². The number of carbonyl (C=O) groups is 2. The van der Waals surface area contributed by atoms with Crippen molar-refractivity contribution in [1.82, 2.24) is 14.8 Å². The van der Waals surface area contributed by atoms with E-state index in [2.05, 4.69) is 15.4 Å². The lowest BCUT2D eigenvalue weighted by atomic mass is 10.1. The van der Waals surface area contributed by atoms with Crippen molar-refractivity contribution in [3.05, 3.63) is 71.2 Å². The molecule has 0 atom stereocenters. The normalized spacial score (nSPS) is 10.5. The van der Waals surface area contributed by atoms with Crippen molar-refractivity contribution < 1.29 is 14.3 Å². The SMILES string of the molecule is Cc1cc(C)cc(NC(=O)COC(=O)c2cnn(-c3ccccn3)c2C)c1. The number of amides is 1. The summed E-state index contributed by atoms with van der Waals surface area (Å²) in [6, 6.07) is 11.1. The first-order valence-corrected chi connectivity index (χ1v) is 8.45. The fraction of sp³-hybridized carbons (Fsp3) is 0.200. The summed E-state index contributed by atoms with van der Waals surface area (Å²) >= 11 is 0. The molecule has 2 heterocycles. The van der Waals surface area contributed by atoms with Crippen molar-refractivity contribution >= 4 is 17.6 Å². The van der Waals surface area contributed by atoms with Gasteiger partial charge in [-0.3, -0.25) is 4.79 Å². The van der Waals surface area contributed by atoms with Crippen LogP contribution in [0, 0.1) is 20.8 Å². The van der Waals surface area contributed by atoms with Gasteiger partial charge < -0.3 is 10.1 Å². The first-order chi connectivity index (χ1) is 12.9. The van der Waals surface area contributed by atoms with Gasteiger partial charge in [0.2, 0.25) is 0 Å². The third kappa shape index (κ3) is 4.38. The summed E-state index contributed by atoms with van der Waals surface area (Å²) < 4.78 is 6.68. The van der Waals surface area contributed by atoms with Crippen molar-refractivity contribution in [2.45, 2.75) is 20.8 Å². The first-order valence-electron chi connectivity index (χ1n) is 8.45. The molecule has 0 aliphatic carbocycles. The number of benzene rings is 1. The predicted octanol–water partition coefficient (Wildman–Crippen LogP) is 2.99. The highest BCUT2D eigenvalue weighted by Gasteiger charge is 2.18.